The van der Waals surface area contributed by atoms with Crippen molar-refractivity contribution in [1.29, 1.82) is 0 Å². The Bertz CT molecular complexity index is 187. The zero-order valence-corrected chi connectivity index (χ0v) is 9.68. The lowest BCUT2D eigenvalue weighted by Crippen LogP contribution is -2.41. The summed E-state index contributed by atoms with van der Waals surface area (Å²) in [6.45, 7) is 4.66. The van der Waals surface area contributed by atoms with E-state index in [0.717, 1.165) is 31.7 Å². The van der Waals surface area contributed by atoms with Crippen molar-refractivity contribution in [3.63, 3.8) is 0 Å². The first kappa shape index (κ1) is 11.9. The minimum Gasteiger partial charge on any atom is -0.341 e. The molecule has 1 aliphatic heterocycles. The first-order chi connectivity index (χ1) is 6.77. The van der Waals surface area contributed by atoms with Gasteiger partial charge in [0.15, 0.2) is 0 Å². The second-order valence-corrected chi connectivity index (χ2v) is 5.04. The highest BCUT2D eigenvalue weighted by atomic mass is 32.2. The van der Waals surface area contributed by atoms with Crippen LogP contribution >= 0.6 is 11.8 Å². The van der Waals surface area contributed by atoms with Crippen molar-refractivity contribution in [2.75, 3.05) is 25.4 Å². The van der Waals surface area contributed by atoms with E-state index in [-0.39, 0.29) is 5.91 Å². The topological polar surface area (TPSA) is 46.3 Å². The number of nitrogens with two attached hydrogens (primary N) is 1. The normalized spacial score (nSPS) is 22.4. The predicted molar refractivity (Wildman–Crippen MR) is 61.4 cm³/mol. The number of nitrogens with zero attached hydrogens (tertiary/aromatic N) is 1. The van der Waals surface area contributed by atoms with Crippen molar-refractivity contribution < 1.29 is 4.79 Å². The fourth-order valence-corrected chi connectivity index (χ4v) is 2.78. The second-order valence-electron chi connectivity index (χ2n) is 3.63. The van der Waals surface area contributed by atoms with Gasteiger partial charge in [0.1, 0.15) is 0 Å². The van der Waals surface area contributed by atoms with Crippen molar-refractivity contribution >= 4 is 17.7 Å². The van der Waals surface area contributed by atoms with Gasteiger partial charge in [-0.3, -0.25) is 4.79 Å². The van der Waals surface area contributed by atoms with Crippen LogP contribution in [0.25, 0.3) is 0 Å². The molecule has 3 nitrogen and oxygen atoms in total. The molecule has 0 aromatic carbocycles. The highest BCUT2D eigenvalue weighted by Crippen LogP contribution is 2.21. The van der Waals surface area contributed by atoms with Crippen LogP contribution in [0.5, 0.6) is 0 Å². The summed E-state index contributed by atoms with van der Waals surface area (Å²) in [5, 5.41) is 0.644. The lowest BCUT2D eigenvalue weighted by Gasteiger charge is -2.32. The Balaban J connectivity index is 2.31. The summed E-state index contributed by atoms with van der Waals surface area (Å²) in [6.07, 6.45) is 2.60. The van der Waals surface area contributed by atoms with Gasteiger partial charge in [-0.2, -0.15) is 11.8 Å². The molecule has 0 aromatic heterocycles. The highest BCUT2D eigenvalue weighted by molar-refractivity contribution is 8.00. The number of carbonyl (C=O) groups is 1. The van der Waals surface area contributed by atoms with Crippen LogP contribution in [-0.2, 0) is 4.79 Å². The monoisotopic (exact) mass is 216 g/mol. The fraction of sp³-hybridized carbons (Fsp3) is 0.900. The van der Waals surface area contributed by atoms with Gasteiger partial charge in [0.25, 0.3) is 0 Å². The van der Waals surface area contributed by atoms with Crippen molar-refractivity contribution in [1.82, 2.24) is 4.90 Å². The van der Waals surface area contributed by atoms with E-state index in [1.807, 2.05) is 16.7 Å². The molecule has 1 unspecified atom stereocenters. The summed E-state index contributed by atoms with van der Waals surface area (Å²) >= 11 is 1.99. The first-order valence-electron chi connectivity index (χ1n) is 5.37. The molecule has 4 heteroatoms. The van der Waals surface area contributed by atoms with Gasteiger partial charge in [-0.15, -0.1) is 0 Å². The summed E-state index contributed by atoms with van der Waals surface area (Å²) < 4.78 is 0. The Hall–Kier alpha value is -0.220. The Morgan fingerprint density at radius 2 is 2.43 bits per heavy atom. The zero-order valence-electron chi connectivity index (χ0n) is 8.87. The van der Waals surface area contributed by atoms with E-state index in [0.29, 0.717) is 18.2 Å². The van der Waals surface area contributed by atoms with E-state index < -0.39 is 0 Å². The third-order valence-corrected chi connectivity index (χ3v) is 3.91. The van der Waals surface area contributed by atoms with Crippen molar-refractivity contribution in [2.24, 2.45) is 5.73 Å². The lowest BCUT2D eigenvalue weighted by atomic mass is 10.2. The van der Waals surface area contributed by atoms with Crippen LogP contribution in [0.3, 0.4) is 0 Å². The van der Waals surface area contributed by atoms with E-state index in [1.165, 1.54) is 0 Å². The Morgan fingerprint density at radius 3 is 3.07 bits per heavy atom. The maximum Gasteiger partial charge on any atom is 0.222 e. The molecule has 0 aliphatic carbocycles. The zero-order chi connectivity index (χ0) is 10.4. The summed E-state index contributed by atoms with van der Waals surface area (Å²) in [5.41, 5.74) is 5.38. The Kier molecular flexibility index (Phi) is 5.33. The Morgan fingerprint density at radius 1 is 1.64 bits per heavy atom. The molecule has 14 heavy (non-hydrogen) atoms. The molecule has 1 amide bonds. The largest absolute Gasteiger partial charge is 0.341 e. The molecule has 0 radical (unpaired) electrons. The molecule has 1 heterocycles. The maximum atomic E-state index is 11.7. The van der Waals surface area contributed by atoms with Gasteiger partial charge in [0.05, 0.1) is 0 Å². The SMILES string of the molecule is CCC1CN(C(=O)CCCN)CCS1. The minimum atomic E-state index is 0.286. The molecule has 1 rings (SSSR count). The quantitative estimate of drug-likeness (QED) is 0.765. The molecular weight excluding hydrogens is 196 g/mol. The van der Waals surface area contributed by atoms with Crippen molar-refractivity contribution in [3.8, 4) is 0 Å². The summed E-state index contributed by atoms with van der Waals surface area (Å²) in [4.78, 5) is 13.7. The third-order valence-electron chi connectivity index (χ3n) is 2.54. The molecule has 0 saturated carbocycles. The minimum absolute atomic E-state index is 0.286. The van der Waals surface area contributed by atoms with Gasteiger partial charge in [-0.05, 0) is 19.4 Å². The van der Waals surface area contributed by atoms with Gasteiger partial charge in [-0.25, -0.2) is 0 Å². The van der Waals surface area contributed by atoms with Crippen molar-refractivity contribution in [2.45, 2.75) is 31.4 Å². The fourth-order valence-electron chi connectivity index (χ4n) is 1.60. The standard InChI is InChI=1S/C10H20N2OS/c1-2-9-8-12(6-7-14-9)10(13)4-3-5-11/h9H,2-8,11H2,1H3. The second kappa shape index (κ2) is 6.30. The molecule has 1 atom stereocenters. The van der Waals surface area contributed by atoms with Gasteiger partial charge in [0.2, 0.25) is 5.91 Å². The van der Waals surface area contributed by atoms with Crippen LogP contribution in [0.2, 0.25) is 0 Å². The first-order valence-corrected chi connectivity index (χ1v) is 6.42. The number of rotatable bonds is 4. The van der Waals surface area contributed by atoms with E-state index in [1.54, 1.807) is 0 Å². The van der Waals surface area contributed by atoms with E-state index in [4.69, 9.17) is 5.73 Å². The summed E-state index contributed by atoms with van der Waals surface area (Å²) in [5.74, 6) is 1.38. The molecule has 82 valence electrons. The van der Waals surface area contributed by atoms with Gasteiger partial charge >= 0.3 is 0 Å². The van der Waals surface area contributed by atoms with Gasteiger partial charge < -0.3 is 10.6 Å². The Labute approximate surface area is 90.4 Å². The van der Waals surface area contributed by atoms with E-state index in [9.17, 15) is 4.79 Å². The van der Waals surface area contributed by atoms with Crippen LogP contribution in [0.15, 0.2) is 0 Å². The number of thioether (sulfide) groups is 1. The maximum absolute atomic E-state index is 11.7. The molecule has 0 aromatic rings. The average molecular weight is 216 g/mol. The van der Waals surface area contributed by atoms with Crippen LogP contribution in [-0.4, -0.2) is 41.4 Å². The van der Waals surface area contributed by atoms with Crippen LogP contribution < -0.4 is 5.73 Å². The van der Waals surface area contributed by atoms with Crippen molar-refractivity contribution in [3.05, 3.63) is 0 Å². The third kappa shape index (κ3) is 3.50. The molecule has 2 N–H and O–H groups in total. The van der Waals surface area contributed by atoms with Crippen LogP contribution in [0.1, 0.15) is 26.2 Å². The molecule has 1 saturated heterocycles. The number of hydrogen-bond acceptors (Lipinski definition) is 3. The highest BCUT2D eigenvalue weighted by Gasteiger charge is 2.22. The predicted octanol–water partition coefficient (Wildman–Crippen LogP) is 1.08. The van der Waals surface area contributed by atoms with E-state index in [2.05, 4.69) is 6.92 Å². The molecule has 1 aliphatic rings. The van der Waals surface area contributed by atoms with Gasteiger partial charge in [-0.1, -0.05) is 6.92 Å². The lowest BCUT2D eigenvalue weighted by molar-refractivity contribution is -0.131. The molecule has 0 bridgehead atoms. The van der Waals surface area contributed by atoms with Gasteiger partial charge in [0, 0.05) is 30.5 Å². The molecular formula is C10H20N2OS. The molecule has 1 fully saturated rings. The van der Waals surface area contributed by atoms with E-state index >= 15 is 0 Å². The molecule has 0 spiro atoms. The average Bonchev–Trinajstić information content (AvgIpc) is 2.26. The van der Waals surface area contributed by atoms with Crippen LogP contribution in [0, 0.1) is 0 Å². The summed E-state index contributed by atoms with van der Waals surface area (Å²) in [6, 6.07) is 0. The summed E-state index contributed by atoms with van der Waals surface area (Å²) in [7, 11) is 0. The van der Waals surface area contributed by atoms with Crippen LogP contribution in [0.4, 0.5) is 0 Å². The number of amides is 1. The number of hydrogen-bond donors (Lipinski definition) is 1. The number of carbonyl (C=O) groups excluding carboxylic acids is 1. The smallest absolute Gasteiger partial charge is 0.222 e.